The van der Waals surface area contributed by atoms with Crippen LogP contribution in [0.5, 0.6) is 5.75 Å². The van der Waals surface area contributed by atoms with Crippen LogP contribution in [-0.4, -0.2) is 23.8 Å². The number of hydrogen-bond donors (Lipinski definition) is 0. The van der Waals surface area contributed by atoms with Crippen molar-refractivity contribution in [2.24, 2.45) is 4.99 Å². The summed E-state index contributed by atoms with van der Waals surface area (Å²) in [6, 6.07) is 24.5. The van der Waals surface area contributed by atoms with Crippen molar-refractivity contribution < 1.29 is 14.3 Å². The number of carbonyl (C=O) groups is 1. The molecule has 0 saturated carbocycles. The average molecular weight is 565 g/mol. The van der Waals surface area contributed by atoms with E-state index in [0.29, 0.717) is 33.1 Å². The summed E-state index contributed by atoms with van der Waals surface area (Å²) < 4.78 is 13.3. The number of thiazole rings is 1. The second-order valence-electron chi connectivity index (χ2n) is 9.92. The van der Waals surface area contributed by atoms with E-state index in [4.69, 9.17) is 14.5 Å². The normalized spacial score (nSPS) is 14.9. The van der Waals surface area contributed by atoms with Crippen molar-refractivity contribution in [1.82, 2.24) is 4.57 Å². The Hall–Kier alpha value is -4.49. The number of carbonyl (C=O) groups excluding carboxylic acids is 1. The summed E-state index contributed by atoms with van der Waals surface area (Å²) >= 11 is 1.30. The standard InChI is InChI=1S/C34H32N2O4S/c1-5-20-40-27-18-12-23(13-19-27)21-28-32(37)36-31(26-16-14-24(15-17-26)22(3)4)29(33(38)39-6-2)30(35-34(36)41-28)25-10-8-7-9-11-25/h5,7-19,21-22,31H,1,6,20H2,2-4H3/b28-21-/t31-/m1/s1. The molecule has 0 N–H and O–H groups in total. The van der Waals surface area contributed by atoms with Crippen LogP contribution in [-0.2, 0) is 9.53 Å². The van der Waals surface area contributed by atoms with Crippen LogP contribution in [0.3, 0.4) is 0 Å². The Balaban J connectivity index is 1.73. The molecule has 0 bridgehead atoms. The van der Waals surface area contributed by atoms with Crippen molar-refractivity contribution in [2.45, 2.75) is 32.7 Å². The summed E-state index contributed by atoms with van der Waals surface area (Å²) in [7, 11) is 0. The Morgan fingerprint density at radius 2 is 1.76 bits per heavy atom. The summed E-state index contributed by atoms with van der Waals surface area (Å²) in [5.74, 6) is 0.580. The predicted molar refractivity (Wildman–Crippen MR) is 164 cm³/mol. The van der Waals surface area contributed by atoms with Gasteiger partial charge in [0.1, 0.15) is 12.4 Å². The fraction of sp³-hybridized carbons (Fsp3) is 0.206. The van der Waals surface area contributed by atoms with Gasteiger partial charge in [0.25, 0.3) is 5.56 Å². The highest BCUT2D eigenvalue weighted by Crippen LogP contribution is 2.35. The first-order valence-electron chi connectivity index (χ1n) is 13.6. The van der Waals surface area contributed by atoms with E-state index in [9.17, 15) is 9.59 Å². The van der Waals surface area contributed by atoms with Gasteiger partial charge < -0.3 is 9.47 Å². The first kappa shape index (κ1) is 28.1. The number of rotatable bonds is 9. The Kier molecular flexibility index (Phi) is 8.45. The van der Waals surface area contributed by atoms with Crippen LogP contribution >= 0.6 is 11.3 Å². The highest BCUT2D eigenvalue weighted by Gasteiger charge is 2.35. The fourth-order valence-corrected chi connectivity index (χ4v) is 5.79. The van der Waals surface area contributed by atoms with E-state index in [1.165, 1.54) is 16.9 Å². The van der Waals surface area contributed by atoms with E-state index in [-0.39, 0.29) is 12.2 Å². The Bertz CT molecular complexity index is 1760. The highest BCUT2D eigenvalue weighted by atomic mass is 32.1. The van der Waals surface area contributed by atoms with Gasteiger partial charge in [0.2, 0.25) is 0 Å². The molecule has 0 amide bonds. The summed E-state index contributed by atoms with van der Waals surface area (Å²) in [5, 5.41) is 0. The van der Waals surface area contributed by atoms with Crippen molar-refractivity contribution in [2.75, 3.05) is 13.2 Å². The molecule has 5 rings (SSSR count). The molecule has 4 aromatic rings. The van der Waals surface area contributed by atoms with Crippen LogP contribution in [0, 0.1) is 0 Å². The molecule has 6 nitrogen and oxygen atoms in total. The third-order valence-corrected chi connectivity index (χ3v) is 7.82. The van der Waals surface area contributed by atoms with Crippen molar-refractivity contribution in [3.05, 3.63) is 139 Å². The van der Waals surface area contributed by atoms with E-state index < -0.39 is 12.0 Å². The first-order chi connectivity index (χ1) is 19.9. The van der Waals surface area contributed by atoms with Crippen molar-refractivity contribution in [3.8, 4) is 5.75 Å². The van der Waals surface area contributed by atoms with Gasteiger partial charge in [0, 0.05) is 5.56 Å². The lowest BCUT2D eigenvalue weighted by Gasteiger charge is -2.26. The van der Waals surface area contributed by atoms with Gasteiger partial charge in [-0.1, -0.05) is 105 Å². The monoisotopic (exact) mass is 564 g/mol. The summed E-state index contributed by atoms with van der Waals surface area (Å²) in [6.45, 7) is 10.3. The smallest absolute Gasteiger partial charge is 0.338 e. The van der Waals surface area contributed by atoms with E-state index in [1.807, 2.05) is 72.8 Å². The topological polar surface area (TPSA) is 69.9 Å². The van der Waals surface area contributed by atoms with Gasteiger partial charge in [0.05, 0.1) is 28.5 Å². The van der Waals surface area contributed by atoms with E-state index in [1.54, 1.807) is 17.6 Å². The second kappa shape index (κ2) is 12.4. The third-order valence-electron chi connectivity index (χ3n) is 6.84. The lowest BCUT2D eigenvalue weighted by molar-refractivity contribution is -0.138. The molecule has 0 radical (unpaired) electrons. The molecule has 41 heavy (non-hydrogen) atoms. The van der Waals surface area contributed by atoms with Crippen LogP contribution in [0.15, 0.2) is 107 Å². The fourth-order valence-electron chi connectivity index (χ4n) is 4.79. The summed E-state index contributed by atoms with van der Waals surface area (Å²) in [4.78, 5) is 33.0. The lowest BCUT2D eigenvalue weighted by atomic mass is 9.91. The molecule has 0 spiro atoms. The Morgan fingerprint density at radius 1 is 1.05 bits per heavy atom. The van der Waals surface area contributed by atoms with Gasteiger partial charge in [-0.15, -0.1) is 0 Å². The van der Waals surface area contributed by atoms with E-state index in [0.717, 1.165) is 22.4 Å². The number of benzene rings is 3. The first-order valence-corrected chi connectivity index (χ1v) is 14.4. The van der Waals surface area contributed by atoms with Gasteiger partial charge in [-0.2, -0.15) is 0 Å². The Labute approximate surface area is 243 Å². The van der Waals surface area contributed by atoms with Crippen LogP contribution < -0.4 is 19.6 Å². The minimum atomic E-state index is -0.696. The molecular formula is C34H32N2O4S. The van der Waals surface area contributed by atoms with Gasteiger partial charge >= 0.3 is 5.97 Å². The minimum Gasteiger partial charge on any atom is -0.490 e. The zero-order chi connectivity index (χ0) is 28.9. The number of ether oxygens (including phenoxy) is 2. The maximum absolute atomic E-state index is 14.0. The molecule has 0 saturated heterocycles. The van der Waals surface area contributed by atoms with Crippen LogP contribution in [0.4, 0.5) is 0 Å². The number of aromatic nitrogens is 1. The average Bonchev–Trinajstić information content (AvgIpc) is 3.30. The molecule has 0 unspecified atom stereocenters. The van der Waals surface area contributed by atoms with Gasteiger partial charge in [-0.25, -0.2) is 9.79 Å². The maximum atomic E-state index is 14.0. The number of fused-ring (bicyclic) bond motifs is 1. The number of hydrogen-bond acceptors (Lipinski definition) is 6. The molecule has 7 heteroatoms. The van der Waals surface area contributed by atoms with Gasteiger partial charge in [-0.3, -0.25) is 9.36 Å². The van der Waals surface area contributed by atoms with Crippen LogP contribution in [0.2, 0.25) is 0 Å². The Morgan fingerprint density at radius 3 is 2.39 bits per heavy atom. The van der Waals surface area contributed by atoms with Gasteiger partial charge in [0.15, 0.2) is 4.80 Å². The van der Waals surface area contributed by atoms with Crippen molar-refractivity contribution >= 4 is 29.1 Å². The number of nitrogens with zero attached hydrogens (tertiary/aromatic N) is 2. The van der Waals surface area contributed by atoms with Crippen molar-refractivity contribution in [3.63, 3.8) is 0 Å². The second-order valence-corrected chi connectivity index (χ2v) is 10.9. The summed E-state index contributed by atoms with van der Waals surface area (Å²) in [6.07, 6.45) is 3.53. The minimum absolute atomic E-state index is 0.209. The van der Waals surface area contributed by atoms with E-state index in [2.05, 4.69) is 32.6 Å². The maximum Gasteiger partial charge on any atom is 0.338 e. The highest BCUT2D eigenvalue weighted by molar-refractivity contribution is 7.07. The molecule has 1 aromatic heterocycles. The molecule has 1 atom stereocenters. The summed E-state index contributed by atoms with van der Waals surface area (Å²) in [5.41, 5.74) is 4.27. The molecule has 1 aliphatic heterocycles. The molecule has 208 valence electrons. The zero-order valence-electron chi connectivity index (χ0n) is 23.4. The molecular weight excluding hydrogens is 532 g/mol. The largest absolute Gasteiger partial charge is 0.490 e. The zero-order valence-corrected chi connectivity index (χ0v) is 24.2. The van der Waals surface area contributed by atoms with Crippen LogP contribution in [0.1, 0.15) is 55.0 Å². The molecule has 0 aliphatic carbocycles. The number of esters is 1. The molecule has 1 aliphatic rings. The quantitative estimate of drug-likeness (QED) is 0.195. The van der Waals surface area contributed by atoms with Crippen LogP contribution in [0.25, 0.3) is 11.8 Å². The lowest BCUT2D eigenvalue weighted by Crippen LogP contribution is -2.40. The van der Waals surface area contributed by atoms with Crippen molar-refractivity contribution in [1.29, 1.82) is 0 Å². The SMILES string of the molecule is C=CCOc1ccc(/C=c2\sc3n(c2=O)[C@H](c2ccc(C(C)C)cc2)C(C(=O)OCC)=C(c2ccccc2)N=3)cc1. The molecule has 2 heterocycles. The van der Waals surface area contributed by atoms with Gasteiger partial charge in [-0.05, 0) is 47.7 Å². The third kappa shape index (κ3) is 5.86. The molecule has 0 fully saturated rings. The molecule has 3 aromatic carbocycles. The predicted octanol–water partition coefficient (Wildman–Crippen LogP) is 5.62. The van der Waals surface area contributed by atoms with E-state index >= 15 is 0 Å².